The first kappa shape index (κ1) is 25.3. The molecule has 10 heteroatoms. The van der Waals surface area contributed by atoms with Crippen molar-refractivity contribution in [3.63, 3.8) is 0 Å². The number of nitriles is 1. The number of amides is 1. The third-order valence-corrected chi connectivity index (χ3v) is 4.49. The van der Waals surface area contributed by atoms with Crippen LogP contribution in [0.2, 0.25) is 0 Å². The van der Waals surface area contributed by atoms with Crippen molar-refractivity contribution in [2.75, 3.05) is 18.5 Å². The van der Waals surface area contributed by atoms with Gasteiger partial charge < -0.3 is 19.8 Å². The number of hydrogen-bond donors (Lipinski definition) is 2. The van der Waals surface area contributed by atoms with Crippen molar-refractivity contribution in [2.45, 2.75) is 26.1 Å². The number of anilines is 1. The number of benzene rings is 2. The van der Waals surface area contributed by atoms with Gasteiger partial charge in [0.1, 0.15) is 23.9 Å². The van der Waals surface area contributed by atoms with Crippen LogP contribution in [0.15, 0.2) is 48.7 Å². The van der Waals surface area contributed by atoms with Crippen LogP contribution in [0.5, 0.6) is 5.75 Å². The molecule has 35 heavy (non-hydrogen) atoms. The lowest BCUT2D eigenvalue weighted by Gasteiger charge is -2.14. The van der Waals surface area contributed by atoms with Crippen LogP contribution >= 0.6 is 0 Å². The molecular formula is C25H21F3N4O3. The van der Waals surface area contributed by atoms with Crippen molar-refractivity contribution in [2.24, 2.45) is 0 Å². The second kappa shape index (κ2) is 11.2. The van der Waals surface area contributed by atoms with E-state index in [-0.39, 0.29) is 30.0 Å². The summed E-state index contributed by atoms with van der Waals surface area (Å²) in [5.41, 5.74) is 0.388. The zero-order valence-electron chi connectivity index (χ0n) is 18.9. The van der Waals surface area contributed by atoms with Crippen molar-refractivity contribution in [3.05, 3.63) is 65.5 Å². The Morgan fingerprint density at radius 2 is 1.94 bits per heavy atom. The number of alkyl halides is 3. The van der Waals surface area contributed by atoms with E-state index in [0.717, 1.165) is 0 Å². The summed E-state index contributed by atoms with van der Waals surface area (Å²) in [4.78, 5) is 18.5. The molecule has 0 bridgehead atoms. The van der Waals surface area contributed by atoms with Crippen LogP contribution in [0.4, 0.5) is 18.9 Å². The van der Waals surface area contributed by atoms with E-state index >= 15 is 0 Å². The number of aromatic amines is 1. The van der Waals surface area contributed by atoms with Gasteiger partial charge in [0.2, 0.25) is 0 Å². The molecule has 0 aliphatic rings. The highest BCUT2D eigenvalue weighted by molar-refractivity contribution is 6.05. The molecule has 3 rings (SSSR count). The smallest absolute Gasteiger partial charge is 0.432 e. The van der Waals surface area contributed by atoms with E-state index in [1.54, 1.807) is 24.3 Å². The second-order valence-electron chi connectivity index (χ2n) is 7.52. The van der Waals surface area contributed by atoms with Crippen molar-refractivity contribution in [1.29, 1.82) is 5.26 Å². The number of H-pyrrole nitrogens is 1. The zero-order chi connectivity index (χ0) is 25.4. The topological polar surface area (TPSA) is 100 Å². The number of halogens is 3. The summed E-state index contributed by atoms with van der Waals surface area (Å²) in [6.07, 6.45) is -3.86. The van der Waals surface area contributed by atoms with Gasteiger partial charge in [0.05, 0.1) is 36.2 Å². The maximum absolute atomic E-state index is 12.9. The lowest BCUT2D eigenvalue weighted by molar-refractivity contribution is -0.140. The van der Waals surface area contributed by atoms with E-state index in [9.17, 15) is 18.0 Å². The van der Waals surface area contributed by atoms with E-state index in [1.165, 1.54) is 18.2 Å². The lowest BCUT2D eigenvalue weighted by Crippen LogP contribution is -2.14. The Labute approximate surface area is 199 Å². The van der Waals surface area contributed by atoms with Gasteiger partial charge in [0, 0.05) is 17.0 Å². The maximum Gasteiger partial charge on any atom is 0.432 e. The third kappa shape index (κ3) is 7.36. The minimum Gasteiger partial charge on any atom is -0.489 e. The molecule has 0 radical (unpaired) electrons. The van der Waals surface area contributed by atoms with Crippen molar-refractivity contribution < 1.29 is 27.4 Å². The first-order chi connectivity index (χ1) is 16.7. The molecule has 1 amide bonds. The number of hydrogen-bond acceptors (Lipinski definition) is 5. The Morgan fingerprint density at radius 3 is 2.63 bits per heavy atom. The van der Waals surface area contributed by atoms with Crippen LogP contribution in [0.25, 0.3) is 11.4 Å². The fraction of sp³-hybridized carbons (Fsp3) is 0.240. The molecule has 0 aliphatic carbocycles. The second-order valence-corrected chi connectivity index (χ2v) is 7.52. The highest BCUT2D eigenvalue weighted by atomic mass is 19.4. The Hall–Kier alpha value is -4.28. The molecule has 0 saturated carbocycles. The van der Waals surface area contributed by atoms with E-state index < -0.39 is 17.8 Å². The summed E-state index contributed by atoms with van der Waals surface area (Å²) in [5, 5.41) is 11.6. The van der Waals surface area contributed by atoms with Gasteiger partial charge in [-0.3, -0.25) is 4.79 Å². The zero-order valence-corrected chi connectivity index (χ0v) is 18.9. The van der Waals surface area contributed by atoms with Crippen LogP contribution in [-0.4, -0.2) is 35.2 Å². The lowest BCUT2D eigenvalue weighted by atomic mass is 10.1. The van der Waals surface area contributed by atoms with Crippen LogP contribution in [0.1, 0.15) is 30.7 Å². The number of aromatic nitrogens is 2. The van der Waals surface area contributed by atoms with E-state index in [1.807, 2.05) is 19.9 Å². The summed E-state index contributed by atoms with van der Waals surface area (Å²) in [5.74, 6) is 4.68. The fourth-order valence-corrected chi connectivity index (χ4v) is 2.90. The molecule has 2 aromatic carbocycles. The Morgan fingerprint density at radius 1 is 1.17 bits per heavy atom. The molecule has 2 N–H and O–H groups in total. The summed E-state index contributed by atoms with van der Waals surface area (Å²) >= 11 is 0. The Balaban J connectivity index is 1.84. The average molecular weight is 482 g/mol. The quantitative estimate of drug-likeness (QED) is 0.374. The Kier molecular flexibility index (Phi) is 8.13. The molecule has 0 unspecified atom stereocenters. The molecule has 3 aromatic rings. The van der Waals surface area contributed by atoms with Gasteiger partial charge in [-0.15, -0.1) is 0 Å². The van der Waals surface area contributed by atoms with Gasteiger partial charge in [-0.2, -0.15) is 18.4 Å². The van der Waals surface area contributed by atoms with Crippen molar-refractivity contribution >= 4 is 11.6 Å². The van der Waals surface area contributed by atoms with E-state index in [2.05, 4.69) is 27.1 Å². The minimum absolute atomic E-state index is 0.0109. The molecule has 0 atom stereocenters. The summed E-state index contributed by atoms with van der Waals surface area (Å²) in [7, 11) is 0. The van der Waals surface area contributed by atoms with Crippen molar-refractivity contribution in [1.82, 2.24) is 9.97 Å². The average Bonchev–Trinajstić information content (AvgIpc) is 3.32. The molecule has 0 aliphatic heterocycles. The number of carbonyl (C=O) groups is 1. The standard InChI is InChI=1S/C25H21F3N4O3/c1-16(2)34-10-11-35-21-8-7-19(24-30-15-22(32-24)25(26,27)28)13-20(21)31-23(33)9-6-17-4-3-5-18(12-17)14-29/h3-5,7-8,12-13,15-16H,10-11H2,1-2H3,(H,30,32)(H,31,33). The fourth-order valence-electron chi connectivity index (χ4n) is 2.90. The van der Waals surface area contributed by atoms with Gasteiger partial charge in [-0.25, -0.2) is 4.98 Å². The predicted octanol–water partition coefficient (Wildman–Crippen LogP) is 4.76. The third-order valence-electron chi connectivity index (χ3n) is 4.49. The summed E-state index contributed by atoms with van der Waals surface area (Å²) in [6, 6.07) is 12.9. The van der Waals surface area contributed by atoms with Gasteiger partial charge >= 0.3 is 12.1 Å². The van der Waals surface area contributed by atoms with Gasteiger partial charge in [-0.05, 0) is 50.2 Å². The molecule has 0 fully saturated rings. The SMILES string of the molecule is CC(C)OCCOc1ccc(-c2ncc(C(F)(F)F)[nH]2)cc1NC(=O)C#Cc1cccc(C#N)c1. The number of imidazole rings is 1. The molecule has 0 saturated heterocycles. The van der Waals surface area contributed by atoms with Gasteiger partial charge in [0.15, 0.2) is 0 Å². The number of nitrogens with zero attached hydrogens (tertiary/aromatic N) is 2. The molecule has 0 spiro atoms. The van der Waals surface area contributed by atoms with Crippen LogP contribution < -0.4 is 10.1 Å². The first-order valence-electron chi connectivity index (χ1n) is 10.5. The highest BCUT2D eigenvalue weighted by Gasteiger charge is 2.33. The summed E-state index contributed by atoms with van der Waals surface area (Å²) in [6.45, 7) is 4.24. The van der Waals surface area contributed by atoms with Gasteiger partial charge in [0.25, 0.3) is 0 Å². The maximum atomic E-state index is 12.9. The van der Waals surface area contributed by atoms with Gasteiger partial charge in [-0.1, -0.05) is 12.0 Å². The van der Waals surface area contributed by atoms with Crippen LogP contribution in [-0.2, 0) is 15.7 Å². The Bertz CT molecular complexity index is 1300. The van der Waals surface area contributed by atoms with Crippen molar-refractivity contribution in [3.8, 4) is 35.0 Å². The van der Waals surface area contributed by atoms with E-state index in [0.29, 0.717) is 29.5 Å². The molecule has 180 valence electrons. The number of carbonyl (C=O) groups excluding carboxylic acids is 1. The number of rotatable bonds is 7. The first-order valence-corrected chi connectivity index (χ1v) is 10.5. The van der Waals surface area contributed by atoms with E-state index in [4.69, 9.17) is 14.7 Å². The minimum atomic E-state index is -4.57. The number of nitrogens with one attached hydrogen (secondary N) is 2. The highest BCUT2D eigenvalue weighted by Crippen LogP contribution is 2.32. The number of ether oxygens (including phenoxy) is 2. The van der Waals surface area contributed by atoms with Crippen LogP contribution in [0, 0.1) is 23.2 Å². The summed E-state index contributed by atoms with van der Waals surface area (Å²) < 4.78 is 50.0. The molecule has 1 aromatic heterocycles. The normalized spacial score (nSPS) is 10.9. The molecular weight excluding hydrogens is 461 g/mol. The van der Waals surface area contributed by atoms with Crippen LogP contribution in [0.3, 0.4) is 0 Å². The largest absolute Gasteiger partial charge is 0.489 e. The predicted molar refractivity (Wildman–Crippen MR) is 122 cm³/mol. The monoisotopic (exact) mass is 482 g/mol. The molecule has 1 heterocycles. The molecule has 7 nitrogen and oxygen atoms in total.